The van der Waals surface area contributed by atoms with E-state index in [4.69, 9.17) is 9.79 Å². The summed E-state index contributed by atoms with van der Waals surface area (Å²) in [5.74, 6) is 0. The van der Waals surface area contributed by atoms with E-state index in [1.165, 1.54) is 0 Å². The van der Waals surface area contributed by atoms with Crippen molar-refractivity contribution in [2.75, 3.05) is 6.61 Å². The predicted molar refractivity (Wildman–Crippen MR) is 29.5 cm³/mol. The summed E-state index contributed by atoms with van der Waals surface area (Å²) in [4.78, 5) is 26.2. The molecule has 54 valence electrons. The van der Waals surface area contributed by atoms with Crippen LogP contribution in [0, 0.1) is 0 Å². The van der Waals surface area contributed by atoms with Crippen LogP contribution >= 0.6 is 8.60 Å². The fraction of sp³-hybridized carbons (Fsp3) is 0.667. The standard InChI is InChI=1S/C3H7O5P/c1-2-7-3(4)8-9(5)6/h5-6H,2H2,1H3. The van der Waals surface area contributed by atoms with Crippen LogP contribution in [0.4, 0.5) is 4.79 Å². The SMILES string of the molecule is CCOC(=O)OP(O)O. The van der Waals surface area contributed by atoms with E-state index in [9.17, 15) is 4.79 Å². The Hall–Kier alpha value is -0.380. The molecule has 0 aromatic heterocycles. The number of hydrogen-bond acceptors (Lipinski definition) is 5. The van der Waals surface area contributed by atoms with Gasteiger partial charge in [-0.1, -0.05) is 0 Å². The molecule has 0 amide bonds. The van der Waals surface area contributed by atoms with Gasteiger partial charge in [-0.25, -0.2) is 4.79 Å². The van der Waals surface area contributed by atoms with Crippen molar-refractivity contribution in [2.45, 2.75) is 6.92 Å². The van der Waals surface area contributed by atoms with Crippen molar-refractivity contribution in [1.29, 1.82) is 0 Å². The van der Waals surface area contributed by atoms with Crippen LogP contribution in [0.2, 0.25) is 0 Å². The minimum absolute atomic E-state index is 0.155. The average molecular weight is 154 g/mol. The van der Waals surface area contributed by atoms with Crippen molar-refractivity contribution in [2.24, 2.45) is 0 Å². The van der Waals surface area contributed by atoms with Gasteiger partial charge in [-0.05, 0) is 6.92 Å². The molecule has 0 fully saturated rings. The molecular weight excluding hydrogens is 147 g/mol. The van der Waals surface area contributed by atoms with Gasteiger partial charge in [-0.3, -0.25) is 0 Å². The van der Waals surface area contributed by atoms with Crippen molar-refractivity contribution >= 4 is 14.8 Å². The van der Waals surface area contributed by atoms with Gasteiger partial charge in [0.1, 0.15) is 0 Å². The summed E-state index contributed by atoms with van der Waals surface area (Å²) >= 11 is 0. The van der Waals surface area contributed by atoms with Gasteiger partial charge in [0, 0.05) is 0 Å². The fourth-order valence-corrected chi connectivity index (χ4v) is 0.397. The number of carbonyl (C=O) groups excluding carboxylic acids is 1. The van der Waals surface area contributed by atoms with E-state index in [1.54, 1.807) is 6.92 Å². The highest BCUT2D eigenvalue weighted by Crippen LogP contribution is 2.24. The summed E-state index contributed by atoms with van der Waals surface area (Å²) in [7, 11) is -2.63. The zero-order valence-corrected chi connectivity index (χ0v) is 5.67. The first-order valence-electron chi connectivity index (χ1n) is 2.19. The molecular formula is C3H7O5P. The smallest absolute Gasteiger partial charge is 0.434 e. The van der Waals surface area contributed by atoms with Crippen LogP contribution < -0.4 is 0 Å². The Labute approximate surface area is 53.2 Å². The molecule has 0 spiro atoms. The van der Waals surface area contributed by atoms with Gasteiger partial charge in [0.15, 0.2) is 0 Å². The Bertz CT molecular complexity index is 92.2. The van der Waals surface area contributed by atoms with E-state index < -0.39 is 14.8 Å². The van der Waals surface area contributed by atoms with Crippen molar-refractivity contribution in [1.82, 2.24) is 0 Å². The number of hydrogen-bond donors (Lipinski definition) is 2. The first kappa shape index (κ1) is 8.62. The Morgan fingerprint density at radius 1 is 1.67 bits per heavy atom. The van der Waals surface area contributed by atoms with E-state index in [0.29, 0.717) is 0 Å². The predicted octanol–water partition coefficient (Wildman–Crippen LogP) is 0.371. The maximum absolute atomic E-state index is 10.1. The minimum Gasteiger partial charge on any atom is -0.434 e. The van der Waals surface area contributed by atoms with Gasteiger partial charge >= 0.3 is 14.8 Å². The lowest BCUT2D eigenvalue weighted by molar-refractivity contribution is 0.0992. The van der Waals surface area contributed by atoms with Gasteiger partial charge in [-0.15, -0.1) is 0 Å². The van der Waals surface area contributed by atoms with Crippen LogP contribution in [0.25, 0.3) is 0 Å². The molecule has 0 bridgehead atoms. The van der Waals surface area contributed by atoms with Crippen LogP contribution in [0.15, 0.2) is 0 Å². The highest BCUT2D eigenvalue weighted by Gasteiger charge is 2.08. The van der Waals surface area contributed by atoms with Gasteiger partial charge < -0.3 is 19.0 Å². The Kier molecular flexibility index (Phi) is 4.30. The summed E-state index contributed by atoms with van der Waals surface area (Å²) in [6.07, 6.45) is -1.06. The molecule has 0 aliphatic carbocycles. The second-order valence-corrected chi connectivity index (χ2v) is 1.72. The number of ether oxygens (including phenoxy) is 1. The third kappa shape index (κ3) is 5.49. The first-order valence-corrected chi connectivity index (χ1v) is 3.36. The largest absolute Gasteiger partial charge is 0.514 e. The fourth-order valence-electron chi connectivity index (χ4n) is 0.211. The first-order chi connectivity index (χ1) is 4.16. The van der Waals surface area contributed by atoms with Gasteiger partial charge in [0.25, 0.3) is 0 Å². The van der Waals surface area contributed by atoms with Gasteiger partial charge in [0.2, 0.25) is 0 Å². The summed E-state index contributed by atoms with van der Waals surface area (Å²) in [6.45, 7) is 1.74. The van der Waals surface area contributed by atoms with E-state index in [2.05, 4.69) is 9.26 Å². The lowest BCUT2D eigenvalue weighted by Crippen LogP contribution is -2.02. The summed E-state index contributed by atoms with van der Waals surface area (Å²) in [5, 5.41) is 0. The Balaban J connectivity index is 3.27. The summed E-state index contributed by atoms with van der Waals surface area (Å²) < 4.78 is 7.99. The van der Waals surface area contributed by atoms with E-state index >= 15 is 0 Å². The molecule has 0 aromatic rings. The molecule has 9 heavy (non-hydrogen) atoms. The van der Waals surface area contributed by atoms with Crippen molar-refractivity contribution in [3.8, 4) is 0 Å². The lowest BCUT2D eigenvalue weighted by Gasteiger charge is -2.01. The van der Waals surface area contributed by atoms with Crippen LogP contribution in [-0.2, 0) is 9.26 Å². The Morgan fingerprint density at radius 2 is 2.22 bits per heavy atom. The third-order valence-corrected chi connectivity index (χ3v) is 0.731. The molecule has 0 aromatic carbocycles. The molecule has 0 aliphatic rings. The molecule has 0 saturated carbocycles. The molecule has 0 rings (SSSR count). The number of rotatable bonds is 2. The molecule has 0 heterocycles. The molecule has 5 nitrogen and oxygen atoms in total. The van der Waals surface area contributed by atoms with E-state index in [-0.39, 0.29) is 6.61 Å². The highest BCUT2D eigenvalue weighted by molar-refractivity contribution is 7.40. The highest BCUT2D eigenvalue weighted by atomic mass is 31.2. The molecule has 2 N–H and O–H groups in total. The Morgan fingerprint density at radius 3 is 2.56 bits per heavy atom. The zero-order chi connectivity index (χ0) is 7.28. The van der Waals surface area contributed by atoms with Gasteiger partial charge in [-0.2, -0.15) is 0 Å². The van der Waals surface area contributed by atoms with Crippen LogP contribution in [0.5, 0.6) is 0 Å². The molecule has 0 aliphatic heterocycles. The minimum atomic E-state index is -2.63. The van der Waals surface area contributed by atoms with Crippen molar-refractivity contribution < 1.29 is 23.8 Å². The molecule has 6 heteroatoms. The van der Waals surface area contributed by atoms with Crippen LogP contribution in [0.3, 0.4) is 0 Å². The molecule has 0 atom stereocenters. The lowest BCUT2D eigenvalue weighted by atomic mass is 10.9. The maximum atomic E-state index is 10.1. The third-order valence-electron chi connectivity index (χ3n) is 0.418. The van der Waals surface area contributed by atoms with Crippen molar-refractivity contribution in [3.63, 3.8) is 0 Å². The van der Waals surface area contributed by atoms with Crippen LogP contribution in [-0.4, -0.2) is 22.5 Å². The second kappa shape index (κ2) is 4.49. The summed E-state index contributed by atoms with van der Waals surface area (Å²) in [5.41, 5.74) is 0. The van der Waals surface area contributed by atoms with E-state index in [0.717, 1.165) is 0 Å². The molecule has 0 saturated heterocycles. The van der Waals surface area contributed by atoms with Crippen LogP contribution in [0.1, 0.15) is 6.92 Å². The monoisotopic (exact) mass is 154 g/mol. The quantitative estimate of drug-likeness (QED) is 0.444. The maximum Gasteiger partial charge on any atom is 0.514 e. The molecule has 0 unspecified atom stereocenters. The molecule has 0 radical (unpaired) electrons. The average Bonchev–Trinajstić information content (AvgIpc) is 1.63. The van der Waals surface area contributed by atoms with Gasteiger partial charge in [0.05, 0.1) is 6.61 Å². The zero-order valence-electron chi connectivity index (χ0n) is 4.77. The topological polar surface area (TPSA) is 76.0 Å². The van der Waals surface area contributed by atoms with E-state index in [1.807, 2.05) is 0 Å². The normalized spacial score (nSPS) is 9.33. The van der Waals surface area contributed by atoms with Crippen molar-refractivity contribution in [3.05, 3.63) is 0 Å². The summed E-state index contributed by atoms with van der Waals surface area (Å²) in [6, 6.07) is 0. The second-order valence-electron chi connectivity index (χ2n) is 1.03. The number of carbonyl (C=O) groups is 1.